The van der Waals surface area contributed by atoms with E-state index in [1.165, 1.54) is 5.56 Å². The van der Waals surface area contributed by atoms with Gasteiger partial charge in [-0.3, -0.25) is 0 Å². The van der Waals surface area contributed by atoms with E-state index in [9.17, 15) is 0 Å². The van der Waals surface area contributed by atoms with Crippen molar-refractivity contribution in [1.29, 1.82) is 0 Å². The van der Waals surface area contributed by atoms with Crippen molar-refractivity contribution in [2.24, 2.45) is 0 Å². The van der Waals surface area contributed by atoms with Crippen LogP contribution < -0.4 is 10.1 Å². The molecule has 1 aromatic rings. The summed E-state index contributed by atoms with van der Waals surface area (Å²) >= 11 is 0. The van der Waals surface area contributed by atoms with Gasteiger partial charge in [-0.25, -0.2) is 4.98 Å². The Hall–Kier alpha value is -1.13. The van der Waals surface area contributed by atoms with Gasteiger partial charge in [0.1, 0.15) is 6.10 Å². The zero-order chi connectivity index (χ0) is 15.1. The molecule has 1 fully saturated rings. The third kappa shape index (κ3) is 5.29. The van der Waals surface area contributed by atoms with Gasteiger partial charge in [0.25, 0.3) is 0 Å². The summed E-state index contributed by atoms with van der Waals surface area (Å²) in [5, 5.41) is 3.45. The van der Waals surface area contributed by atoms with Gasteiger partial charge in [0.2, 0.25) is 5.88 Å². The van der Waals surface area contributed by atoms with Crippen molar-refractivity contribution in [3.05, 3.63) is 23.4 Å². The maximum Gasteiger partial charge on any atom is 0.214 e. The standard InChI is InChI=1S/C17H29N3O/c1-4-8-18-13-14-11-15(5-2)19-17(12-14)21-16-6-9-20(3)10-7-16/h11-12,16,18H,4-10,13H2,1-3H3. The number of aromatic nitrogens is 1. The highest BCUT2D eigenvalue weighted by atomic mass is 16.5. The molecule has 4 nitrogen and oxygen atoms in total. The lowest BCUT2D eigenvalue weighted by molar-refractivity contribution is 0.109. The third-order valence-corrected chi connectivity index (χ3v) is 3.99. The average Bonchev–Trinajstić information content (AvgIpc) is 2.50. The van der Waals surface area contributed by atoms with Gasteiger partial charge in [-0.2, -0.15) is 0 Å². The Morgan fingerprint density at radius 1 is 1.29 bits per heavy atom. The summed E-state index contributed by atoms with van der Waals surface area (Å²) in [4.78, 5) is 6.99. The lowest BCUT2D eigenvalue weighted by Crippen LogP contribution is -2.35. The molecule has 1 aromatic heterocycles. The fraction of sp³-hybridized carbons (Fsp3) is 0.706. The number of aryl methyl sites for hydroxylation is 1. The van der Waals surface area contributed by atoms with Gasteiger partial charge in [-0.1, -0.05) is 13.8 Å². The molecule has 1 aliphatic heterocycles. The first-order valence-electron chi connectivity index (χ1n) is 8.27. The number of ether oxygens (including phenoxy) is 1. The van der Waals surface area contributed by atoms with Crippen LogP contribution in [0.3, 0.4) is 0 Å². The fourth-order valence-corrected chi connectivity index (χ4v) is 2.65. The molecule has 0 saturated carbocycles. The van der Waals surface area contributed by atoms with Crippen LogP contribution in [-0.2, 0) is 13.0 Å². The maximum atomic E-state index is 6.13. The van der Waals surface area contributed by atoms with E-state index in [1.54, 1.807) is 0 Å². The normalized spacial score (nSPS) is 17.1. The zero-order valence-electron chi connectivity index (χ0n) is 13.7. The average molecular weight is 291 g/mol. The molecule has 21 heavy (non-hydrogen) atoms. The van der Waals surface area contributed by atoms with Gasteiger partial charge in [-0.15, -0.1) is 0 Å². The number of nitrogens with zero attached hydrogens (tertiary/aromatic N) is 2. The molecule has 0 atom stereocenters. The summed E-state index contributed by atoms with van der Waals surface area (Å²) < 4.78 is 6.13. The second-order valence-electron chi connectivity index (χ2n) is 5.96. The Balaban J connectivity index is 1.98. The first-order valence-corrected chi connectivity index (χ1v) is 8.27. The van der Waals surface area contributed by atoms with E-state index in [-0.39, 0.29) is 0 Å². The van der Waals surface area contributed by atoms with Crippen molar-refractivity contribution >= 4 is 0 Å². The topological polar surface area (TPSA) is 37.4 Å². The Labute approximate surface area is 128 Å². The lowest BCUT2D eigenvalue weighted by Gasteiger charge is -2.29. The van der Waals surface area contributed by atoms with Crippen molar-refractivity contribution in [3.8, 4) is 5.88 Å². The van der Waals surface area contributed by atoms with Gasteiger partial charge >= 0.3 is 0 Å². The molecule has 2 rings (SSSR count). The predicted octanol–water partition coefficient (Wildman–Crippen LogP) is 2.62. The second-order valence-corrected chi connectivity index (χ2v) is 5.96. The summed E-state index contributed by atoms with van der Waals surface area (Å²) in [6.07, 6.45) is 4.61. The van der Waals surface area contributed by atoms with Crippen LogP contribution in [0.25, 0.3) is 0 Å². The van der Waals surface area contributed by atoms with Crippen LogP contribution in [0, 0.1) is 0 Å². The van der Waals surface area contributed by atoms with E-state index in [4.69, 9.17) is 4.74 Å². The summed E-state index contributed by atoms with van der Waals surface area (Å²) in [5.74, 6) is 0.803. The Morgan fingerprint density at radius 2 is 2.05 bits per heavy atom. The van der Waals surface area contributed by atoms with Crippen LogP contribution in [-0.4, -0.2) is 42.7 Å². The van der Waals surface area contributed by atoms with Gasteiger partial charge in [-0.05, 0) is 50.9 Å². The van der Waals surface area contributed by atoms with Crippen molar-refractivity contribution in [2.45, 2.75) is 52.2 Å². The molecule has 0 unspecified atom stereocenters. The molecule has 118 valence electrons. The molecule has 1 saturated heterocycles. The van der Waals surface area contributed by atoms with Crippen LogP contribution >= 0.6 is 0 Å². The van der Waals surface area contributed by atoms with Gasteiger partial charge in [0, 0.05) is 31.4 Å². The molecule has 1 N–H and O–H groups in total. The Bertz CT molecular complexity index is 428. The van der Waals surface area contributed by atoms with Crippen LogP contribution in [0.15, 0.2) is 12.1 Å². The molecule has 2 heterocycles. The molecule has 1 aliphatic rings. The highest BCUT2D eigenvalue weighted by molar-refractivity contribution is 5.25. The van der Waals surface area contributed by atoms with Crippen LogP contribution in [0.1, 0.15) is 44.4 Å². The highest BCUT2D eigenvalue weighted by Gasteiger charge is 2.18. The first kappa shape index (κ1) is 16.2. The molecule has 0 spiro atoms. The van der Waals surface area contributed by atoms with Crippen molar-refractivity contribution < 1.29 is 4.74 Å². The number of likely N-dealkylation sites (tertiary alicyclic amines) is 1. The molecular formula is C17H29N3O. The van der Waals surface area contributed by atoms with Gasteiger partial charge < -0.3 is 15.0 Å². The Kier molecular flexibility index (Phi) is 6.46. The largest absolute Gasteiger partial charge is 0.474 e. The molecule has 0 aliphatic carbocycles. The molecule has 0 aromatic carbocycles. The summed E-state index contributed by atoms with van der Waals surface area (Å²) in [7, 11) is 2.17. The van der Waals surface area contributed by atoms with Gasteiger partial charge in [0.15, 0.2) is 0 Å². The maximum absolute atomic E-state index is 6.13. The zero-order valence-corrected chi connectivity index (χ0v) is 13.7. The van der Waals surface area contributed by atoms with Crippen LogP contribution in [0.4, 0.5) is 0 Å². The predicted molar refractivity (Wildman–Crippen MR) is 86.8 cm³/mol. The molecule has 0 radical (unpaired) electrons. The number of nitrogens with one attached hydrogen (secondary N) is 1. The summed E-state index contributed by atoms with van der Waals surface area (Å²) in [6.45, 7) is 8.50. The molecule has 0 bridgehead atoms. The Morgan fingerprint density at radius 3 is 2.71 bits per heavy atom. The smallest absolute Gasteiger partial charge is 0.214 e. The van der Waals surface area contributed by atoms with E-state index in [0.717, 1.165) is 63.4 Å². The van der Waals surface area contributed by atoms with E-state index in [1.807, 2.05) is 0 Å². The van der Waals surface area contributed by atoms with Gasteiger partial charge in [0.05, 0.1) is 0 Å². The molecule has 4 heteroatoms. The quantitative estimate of drug-likeness (QED) is 0.784. The molecular weight excluding hydrogens is 262 g/mol. The van der Waals surface area contributed by atoms with E-state index >= 15 is 0 Å². The van der Waals surface area contributed by atoms with Crippen LogP contribution in [0.5, 0.6) is 5.88 Å². The van der Waals surface area contributed by atoms with Crippen molar-refractivity contribution in [1.82, 2.24) is 15.2 Å². The second kappa shape index (κ2) is 8.35. The molecule has 0 amide bonds. The SMILES string of the molecule is CCCNCc1cc(CC)nc(OC2CCN(C)CC2)c1. The number of piperidine rings is 1. The highest BCUT2D eigenvalue weighted by Crippen LogP contribution is 2.19. The van der Waals surface area contributed by atoms with Crippen molar-refractivity contribution in [2.75, 3.05) is 26.7 Å². The van der Waals surface area contributed by atoms with E-state index in [0.29, 0.717) is 6.10 Å². The summed E-state index contributed by atoms with van der Waals surface area (Å²) in [6, 6.07) is 4.28. The first-order chi connectivity index (χ1) is 10.2. The minimum absolute atomic E-state index is 0.317. The fourth-order valence-electron chi connectivity index (χ4n) is 2.65. The van der Waals surface area contributed by atoms with Crippen molar-refractivity contribution in [3.63, 3.8) is 0 Å². The monoisotopic (exact) mass is 291 g/mol. The number of rotatable bonds is 7. The van der Waals surface area contributed by atoms with E-state index < -0.39 is 0 Å². The minimum atomic E-state index is 0.317. The van der Waals surface area contributed by atoms with E-state index in [2.05, 4.69) is 48.2 Å². The number of pyridine rings is 1. The van der Waals surface area contributed by atoms with Crippen LogP contribution in [0.2, 0.25) is 0 Å². The lowest BCUT2D eigenvalue weighted by atomic mass is 10.1. The summed E-state index contributed by atoms with van der Waals surface area (Å²) in [5.41, 5.74) is 2.40. The minimum Gasteiger partial charge on any atom is -0.474 e. The number of hydrogen-bond acceptors (Lipinski definition) is 4. The number of hydrogen-bond donors (Lipinski definition) is 1. The third-order valence-electron chi connectivity index (χ3n) is 3.99.